The molecule has 1 rings (SSSR count). The van der Waals surface area contributed by atoms with Crippen LogP contribution in [0.1, 0.15) is 16.8 Å². The second-order valence-corrected chi connectivity index (χ2v) is 6.21. The third kappa shape index (κ3) is 5.60. The quantitative estimate of drug-likeness (QED) is 0.572. The highest BCUT2D eigenvalue weighted by Crippen LogP contribution is 2.20. The molecule has 0 radical (unpaired) electrons. The topological polar surface area (TPSA) is 113 Å². The van der Waals surface area contributed by atoms with Crippen molar-refractivity contribution >= 4 is 27.6 Å². The largest absolute Gasteiger partial charge is 0.478 e. The van der Waals surface area contributed by atoms with Crippen molar-refractivity contribution in [3.8, 4) is 0 Å². The molecule has 0 aliphatic heterocycles. The fourth-order valence-electron chi connectivity index (χ4n) is 1.47. The molecule has 1 aromatic carbocycles. The second-order valence-electron chi connectivity index (χ2n) is 4.03. The van der Waals surface area contributed by atoms with Crippen molar-refractivity contribution in [2.75, 3.05) is 26.4 Å². The number of ether oxygens (including phenoxy) is 1. The zero-order valence-corrected chi connectivity index (χ0v) is 12.7. The maximum atomic E-state index is 12.0. The zero-order valence-electron chi connectivity index (χ0n) is 11.1. The molecule has 0 heterocycles. The molecule has 21 heavy (non-hydrogen) atoms. The number of aliphatic hydroxyl groups is 1. The van der Waals surface area contributed by atoms with E-state index in [1.165, 1.54) is 6.07 Å². The molecule has 0 aliphatic rings. The van der Waals surface area contributed by atoms with Crippen LogP contribution in [0.25, 0.3) is 0 Å². The number of aliphatic hydroxyl groups excluding tert-OH is 1. The molecule has 118 valence electrons. The van der Waals surface area contributed by atoms with E-state index in [2.05, 4.69) is 4.72 Å². The lowest BCUT2D eigenvalue weighted by molar-refractivity contribution is 0.0697. The number of rotatable bonds is 9. The fraction of sp³-hybridized carbons (Fsp3) is 0.417. The van der Waals surface area contributed by atoms with Crippen LogP contribution in [0.4, 0.5) is 0 Å². The summed E-state index contributed by atoms with van der Waals surface area (Å²) in [7, 11) is -3.75. The Morgan fingerprint density at radius 1 is 1.33 bits per heavy atom. The van der Waals surface area contributed by atoms with Gasteiger partial charge in [0.15, 0.2) is 0 Å². The van der Waals surface area contributed by atoms with Gasteiger partial charge in [0.2, 0.25) is 10.0 Å². The highest BCUT2D eigenvalue weighted by Gasteiger charge is 2.17. The third-order valence-corrected chi connectivity index (χ3v) is 4.25. The molecular weight excluding hydrogens is 322 g/mol. The highest BCUT2D eigenvalue weighted by atomic mass is 35.5. The Morgan fingerprint density at radius 2 is 2.05 bits per heavy atom. The number of sulfonamides is 1. The molecule has 0 aliphatic carbocycles. The predicted octanol–water partition coefficient (Wildman–Crippen LogP) is 0.716. The van der Waals surface area contributed by atoms with Crippen LogP contribution in [-0.2, 0) is 14.8 Å². The molecule has 0 spiro atoms. The summed E-state index contributed by atoms with van der Waals surface area (Å²) in [4.78, 5) is 10.7. The molecule has 3 N–H and O–H groups in total. The minimum atomic E-state index is -3.75. The van der Waals surface area contributed by atoms with Gasteiger partial charge >= 0.3 is 5.97 Å². The van der Waals surface area contributed by atoms with E-state index in [9.17, 15) is 13.2 Å². The van der Waals surface area contributed by atoms with Gasteiger partial charge < -0.3 is 14.9 Å². The van der Waals surface area contributed by atoms with Gasteiger partial charge in [-0.05, 0) is 24.6 Å². The summed E-state index contributed by atoms with van der Waals surface area (Å²) in [5, 5.41) is 17.2. The molecule has 0 unspecified atom stereocenters. The Morgan fingerprint density at radius 3 is 2.62 bits per heavy atom. The van der Waals surface area contributed by atoms with E-state index in [4.69, 9.17) is 26.6 Å². The molecule has 0 bridgehead atoms. The van der Waals surface area contributed by atoms with Crippen LogP contribution < -0.4 is 4.72 Å². The first-order valence-corrected chi connectivity index (χ1v) is 7.95. The van der Waals surface area contributed by atoms with Gasteiger partial charge in [-0.25, -0.2) is 17.9 Å². The van der Waals surface area contributed by atoms with Crippen LogP contribution in [0.3, 0.4) is 0 Å². The second kappa shape index (κ2) is 8.30. The summed E-state index contributed by atoms with van der Waals surface area (Å²) in [5.41, 5.74) is -0.159. The first kappa shape index (κ1) is 17.9. The molecular formula is C12H16ClNO6S. The molecule has 7 nitrogen and oxygen atoms in total. The van der Waals surface area contributed by atoms with Crippen molar-refractivity contribution in [1.29, 1.82) is 0 Å². The van der Waals surface area contributed by atoms with Gasteiger partial charge in [-0.2, -0.15) is 0 Å². The van der Waals surface area contributed by atoms with Crippen molar-refractivity contribution in [3.63, 3.8) is 0 Å². The zero-order chi connectivity index (χ0) is 15.9. The van der Waals surface area contributed by atoms with E-state index < -0.39 is 16.0 Å². The Balaban J connectivity index is 2.62. The number of carbonyl (C=O) groups is 1. The smallest absolute Gasteiger partial charge is 0.337 e. The number of carboxylic acids is 1. The number of benzene rings is 1. The van der Waals surface area contributed by atoms with E-state index >= 15 is 0 Å². The Kier molecular flexibility index (Phi) is 7.06. The molecule has 0 saturated carbocycles. The normalized spacial score (nSPS) is 11.5. The molecule has 9 heteroatoms. The van der Waals surface area contributed by atoms with E-state index in [0.717, 1.165) is 12.1 Å². The van der Waals surface area contributed by atoms with Crippen molar-refractivity contribution in [2.24, 2.45) is 0 Å². The van der Waals surface area contributed by atoms with Crippen molar-refractivity contribution in [3.05, 3.63) is 28.8 Å². The van der Waals surface area contributed by atoms with Gasteiger partial charge in [-0.15, -0.1) is 0 Å². The van der Waals surface area contributed by atoms with Gasteiger partial charge in [0, 0.05) is 13.2 Å². The Labute approximate surface area is 127 Å². The summed E-state index contributed by atoms with van der Waals surface area (Å²) in [6.45, 7) is 0.604. The number of nitrogens with one attached hydrogen (secondary N) is 1. The van der Waals surface area contributed by atoms with E-state index in [0.29, 0.717) is 13.0 Å². The van der Waals surface area contributed by atoms with Gasteiger partial charge in [-0.1, -0.05) is 11.6 Å². The maximum absolute atomic E-state index is 12.0. The average Bonchev–Trinajstić information content (AvgIpc) is 2.42. The van der Waals surface area contributed by atoms with Crippen LogP contribution in [0, 0.1) is 0 Å². The third-order valence-electron chi connectivity index (χ3n) is 2.47. The van der Waals surface area contributed by atoms with Crippen LogP contribution in [-0.4, -0.2) is 51.0 Å². The first-order valence-electron chi connectivity index (χ1n) is 6.09. The summed E-state index contributed by atoms with van der Waals surface area (Å²) in [6, 6.07) is 3.42. The van der Waals surface area contributed by atoms with E-state index in [1.54, 1.807) is 0 Å². The minimum Gasteiger partial charge on any atom is -0.478 e. The van der Waals surface area contributed by atoms with Gasteiger partial charge in [0.05, 0.1) is 28.7 Å². The monoisotopic (exact) mass is 337 g/mol. The fourth-order valence-corrected chi connectivity index (χ4v) is 2.89. The standard InChI is InChI=1S/C12H16ClNO6S/c13-11-8-9(2-3-10(11)12(16)17)21(18,19)14-4-1-6-20-7-5-15/h2-3,8,14-15H,1,4-7H2,(H,16,17). The van der Waals surface area contributed by atoms with Gasteiger partial charge in [-0.3, -0.25) is 0 Å². The van der Waals surface area contributed by atoms with Gasteiger partial charge in [0.25, 0.3) is 0 Å². The molecule has 0 aromatic heterocycles. The van der Waals surface area contributed by atoms with E-state index in [-0.39, 0.29) is 35.2 Å². The Hall–Kier alpha value is -1.19. The summed E-state index contributed by atoms with van der Waals surface area (Å²) in [5.74, 6) is -1.22. The van der Waals surface area contributed by atoms with Crippen molar-refractivity contribution < 1.29 is 28.2 Å². The average molecular weight is 338 g/mol. The number of hydrogen-bond donors (Lipinski definition) is 3. The molecule has 0 atom stereocenters. The number of aromatic carboxylic acids is 1. The van der Waals surface area contributed by atoms with Crippen molar-refractivity contribution in [1.82, 2.24) is 4.72 Å². The Bertz CT molecular complexity index is 589. The molecule has 0 amide bonds. The predicted molar refractivity (Wildman–Crippen MR) is 76.1 cm³/mol. The van der Waals surface area contributed by atoms with Crippen LogP contribution >= 0.6 is 11.6 Å². The summed E-state index contributed by atoms with van der Waals surface area (Å²) in [6.07, 6.45) is 0.445. The number of hydrogen-bond acceptors (Lipinski definition) is 5. The first-order chi connectivity index (χ1) is 9.88. The molecule has 1 aromatic rings. The lowest BCUT2D eigenvalue weighted by Gasteiger charge is -2.08. The van der Waals surface area contributed by atoms with Crippen molar-refractivity contribution in [2.45, 2.75) is 11.3 Å². The number of halogens is 1. The lowest BCUT2D eigenvalue weighted by Crippen LogP contribution is -2.25. The lowest BCUT2D eigenvalue weighted by atomic mass is 10.2. The summed E-state index contributed by atoms with van der Waals surface area (Å²) < 4.78 is 31.3. The molecule has 0 saturated heterocycles. The minimum absolute atomic E-state index is 0.0832. The van der Waals surface area contributed by atoms with Gasteiger partial charge in [0.1, 0.15) is 0 Å². The highest BCUT2D eigenvalue weighted by molar-refractivity contribution is 7.89. The summed E-state index contributed by atoms with van der Waals surface area (Å²) >= 11 is 5.73. The SMILES string of the molecule is O=C(O)c1ccc(S(=O)(=O)NCCCOCCO)cc1Cl. The number of carboxylic acid groups (broad SMARTS) is 1. The van der Waals surface area contributed by atoms with Crippen LogP contribution in [0.5, 0.6) is 0 Å². The van der Waals surface area contributed by atoms with Crippen LogP contribution in [0.2, 0.25) is 5.02 Å². The maximum Gasteiger partial charge on any atom is 0.337 e. The molecule has 0 fully saturated rings. The van der Waals surface area contributed by atoms with Crippen LogP contribution in [0.15, 0.2) is 23.1 Å². The van der Waals surface area contributed by atoms with E-state index in [1.807, 2.05) is 0 Å².